The van der Waals surface area contributed by atoms with Crippen molar-refractivity contribution in [3.63, 3.8) is 0 Å². The molecule has 54 valence electrons. The van der Waals surface area contributed by atoms with E-state index in [0.29, 0.717) is 11.4 Å². The lowest BCUT2D eigenvalue weighted by atomic mass is 10.2. The van der Waals surface area contributed by atoms with Crippen LogP contribution in [0.4, 0.5) is 0 Å². The van der Waals surface area contributed by atoms with E-state index >= 15 is 0 Å². The fourth-order valence-corrected chi connectivity index (χ4v) is 1.02. The van der Waals surface area contributed by atoms with E-state index in [1.54, 1.807) is 13.1 Å². The Labute approximate surface area is 63.8 Å². The van der Waals surface area contributed by atoms with E-state index in [4.69, 9.17) is 11.6 Å². The van der Waals surface area contributed by atoms with Gasteiger partial charge in [-0.05, 0) is 6.92 Å². The molecule has 1 heterocycles. The molecule has 10 heavy (non-hydrogen) atoms. The van der Waals surface area contributed by atoms with E-state index in [0.717, 1.165) is 5.69 Å². The lowest BCUT2D eigenvalue weighted by Gasteiger charge is -1.97. The van der Waals surface area contributed by atoms with Crippen molar-refractivity contribution in [2.24, 2.45) is 0 Å². The molecule has 0 fully saturated rings. The van der Waals surface area contributed by atoms with Crippen LogP contribution < -0.4 is 5.43 Å². The van der Waals surface area contributed by atoms with Crippen molar-refractivity contribution in [1.82, 2.24) is 4.98 Å². The van der Waals surface area contributed by atoms with Gasteiger partial charge in [-0.1, -0.05) is 0 Å². The third-order valence-electron chi connectivity index (χ3n) is 1.45. The zero-order valence-electron chi connectivity index (χ0n) is 5.65. The maximum absolute atomic E-state index is 10.9. The van der Waals surface area contributed by atoms with Gasteiger partial charge in [0.1, 0.15) is 0 Å². The van der Waals surface area contributed by atoms with Gasteiger partial charge in [0.15, 0.2) is 5.43 Å². The molecule has 0 saturated carbocycles. The highest BCUT2D eigenvalue weighted by Gasteiger charge is 1.97. The van der Waals surface area contributed by atoms with Gasteiger partial charge in [0.2, 0.25) is 0 Å². The molecular formula is C7H8ClNO. The van der Waals surface area contributed by atoms with Crippen molar-refractivity contribution in [2.45, 2.75) is 12.8 Å². The molecule has 1 aromatic heterocycles. The topological polar surface area (TPSA) is 32.9 Å². The molecule has 0 saturated heterocycles. The van der Waals surface area contributed by atoms with Gasteiger partial charge in [0, 0.05) is 23.5 Å². The zero-order valence-corrected chi connectivity index (χ0v) is 6.40. The maximum Gasteiger partial charge on any atom is 0.184 e. The Kier molecular flexibility index (Phi) is 2.12. The van der Waals surface area contributed by atoms with Gasteiger partial charge in [-0.25, -0.2) is 0 Å². The van der Waals surface area contributed by atoms with Crippen molar-refractivity contribution in [2.75, 3.05) is 0 Å². The van der Waals surface area contributed by atoms with Crippen LogP contribution in [-0.2, 0) is 5.88 Å². The first kappa shape index (κ1) is 7.35. The lowest BCUT2D eigenvalue weighted by Crippen LogP contribution is -2.07. The van der Waals surface area contributed by atoms with Crippen molar-refractivity contribution in [3.8, 4) is 0 Å². The molecule has 0 atom stereocenters. The fourth-order valence-electron chi connectivity index (χ4n) is 0.739. The first-order valence-electron chi connectivity index (χ1n) is 2.99. The summed E-state index contributed by atoms with van der Waals surface area (Å²) in [6, 6.07) is 1.49. The predicted molar refractivity (Wildman–Crippen MR) is 41.4 cm³/mol. The summed E-state index contributed by atoms with van der Waals surface area (Å²) >= 11 is 5.53. The van der Waals surface area contributed by atoms with E-state index in [2.05, 4.69) is 4.98 Å². The molecule has 0 aliphatic rings. The van der Waals surface area contributed by atoms with Gasteiger partial charge in [-0.3, -0.25) is 4.79 Å². The number of pyridine rings is 1. The number of aromatic amines is 1. The Morgan fingerprint density at radius 2 is 2.40 bits per heavy atom. The number of halogens is 1. The number of hydrogen-bond donors (Lipinski definition) is 1. The number of aromatic nitrogens is 1. The summed E-state index contributed by atoms with van der Waals surface area (Å²) in [6.07, 6.45) is 1.60. The van der Waals surface area contributed by atoms with Gasteiger partial charge in [-0.2, -0.15) is 0 Å². The summed E-state index contributed by atoms with van der Waals surface area (Å²) in [6.45, 7) is 1.76. The third-order valence-corrected chi connectivity index (χ3v) is 1.72. The second-order valence-electron chi connectivity index (χ2n) is 2.08. The van der Waals surface area contributed by atoms with Gasteiger partial charge in [0.25, 0.3) is 0 Å². The van der Waals surface area contributed by atoms with E-state index in [1.165, 1.54) is 6.07 Å². The Morgan fingerprint density at radius 3 is 2.90 bits per heavy atom. The minimum Gasteiger partial charge on any atom is -0.364 e. The van der Waals surface area contributed by atoms with Crippen LogP contribution in [0.25, 0.3) is 0 Å². The zero-order chi connectivity index (χ0) is 7.56. The number of nitrogens with one attached hydrogen (secondary N) is 1. The van der Waals surface area contributed by atoms with Crippen molar-refractivity contribution >= 4 is 11.6 Å². The maximum atomic E-state index is 10.9. The summed E-state index contributed by atoms with van der Waals surface area (Å²) in [5, 5.41) is 0. The van der Waals surface area contributed by atoms with Crippen molar-refractivity contribution < 1.29 is 0 Å². The van der Waals surface area contributed by atoms with Crippen LogP contribution in [0.3, 0.4) is 0 Å². The molecule has 0 aromatic carbocycles. The van der Waals surface area contributed by atoms with Crippen LogP contribution >= 0.6 is 11.6 Å². The highest BCUT2D eigenvalue weighted by atomic mass is 35.5. The molecule has 3 heteroatoms. The van der Waals surface area contributed by atoms with Crippen LogP contribution in [0.15, 0.2) is 17.1 Å². The van der Waals surface area contributed by atoms with Gasteiger partial charge >= 0.3 is 0 Å². The summed E-state index contributed by atoms with van der Waals surface area (Å²) in [4.78, 5) is 13.8. The lowest BCUT2D eigenvalue weighted by molar-refractivity contribution is 1.10. The Hall–Kier alpha value is -0.760. The smallest absolute Gasteiger partial charge is 0.184 e. The quantitative estimate of drug-likeness (QED) is 0.615. The summed E-state index contributed by atoms with van der Waals surface area (Å²) in [5.41, 5.74) is 1.54. The molecule has 0 amide bonds. The van der Waals surface area contributed by atoms with E-state index in [9.17, 15) is 4.79 Å². The molecule has 2 nitrogen and oxygen atoms in total. The molecule has 0 bridgehead atoms. The van der Waals surface area contributed by atoms with Gasteiger partial charge < -0.3 is 4.98 Å². The van der Waals surface area contributed by atoms with Gasteiger partial charge in [-0.15, -0.1) is 11.6 Å². The summed E-state index contributed by atoms with van der Waals surface area (Å²) < 4.78 is 0. The number of H-pyrrole nitrogens is 1. The van der Waals surface area contributed by atoms with E-state index in [-0.39, 0.29) is 5.43 Å². The molecule has 0 unspecified atom stereocenters. The number of rotatable bonds is 1. The summed E-state index contributed by atoms with van der Waals surface area (Å²) in [5.74, 6) is 0.363. The Balaban J connectivity index is 3.28. The average molecular weight is 158 g/mol. The van der Waals surface area contributed by atoms with E-state index < -0.39 is 0 Å². The first-order chi connectivity index (χ1) is 4.75. The van der Waals surface area contributed by atoms with Crippen LogP contribution in [-0.4, -0.2) is 4.98 Å². The van der Waals surface area contributed by atoms with Crippen LogP contribution in [0, 0.1) is 6.92 Å². The Morgan fingerprint density at radius 1 is 1.70 bits per heavy atom. The second-order valence-corrected chi connectivity index (χ2v) is 2.35. The molecular weight excluding hydrogens is 150 g/mol. The van der Waals surface area contributed by atoms with Crippen molar-refractivity contribution in [3.05, 3.63) is 33.7 Å². The highest BCUT2D eigenvalue weighted by Crippen LogP contribution is 2.00. The monoisotopic (exact) mass is 157 g/mol. The van der Waals surface area contributed by atoms with Gasteiger partial charge in [0.05, 0.1) is 5.88 Å². The molecule has 0 radical (unpaired) electrons. The normalized spacial score (nSPS) is 9.80. The Bertz CT molecular complexity index is 279. The minimum atomic E-state index is 0.0365. The molecule has 0 spiro atoms. The fraction of sp³-hybridized carbons (Fsp3) is 0.286. The number of hydrogen-bond acceptors (Lipinski definition) is 1. The third kappa shape index (κ3) is 1.21. The SMILES string of the molecule is Cc1c(CCl)[nH]ccc1=O. The van der Waals surface area contributed by atoms with Crippen LogP contribution in [0.5, 0.6) is 0 Å². The largest absolute Gasteiger partial charge is 0.364 e. The van der Waals surface area contributed by atoms with Crippen molar-refractivity contribution in [1.29, 1.82) is 0 Å². The van der Waals surface area contributed by atoms with Crippen LogP contribution in [0.2, 0.25) is 0 Å². The van der Waals surface area contributed by atoms with E-state index in [1.807, 2.05) is 0 Å². The second kappa shape index (κ2) is 2.88. The number of alkyl halides is 1. The molecule has 1 aromatic rings. The first-order valence-corrected chi connectivity index (χ1v) is 3.52. The molecule has 0 aliphatic heterocycles. The van der Waals surface area contributed by atoms with Crippen LogP contribution in [0.1, 0.15) is 11.3 Å². The average Bonchev–Trinajstić information content (AvgIpc) is 1.95. The highest BCUT2D eigenvalue weighted by molar-refractivity contribution is 6.16. The molecule has 0 aliphatic carbocycles. The standard InChI is InChI=1S/C7H8ClNO/c1-5-6(4-8)9-3-2-7(5)10/h2-3H,4H2,1H3,(H,9,10). The molecule has 1 rings (SSSR count). The predicted octanol–water partition coefficient (Wildman–Crippen LogP) is 1.42. The summed E-state index contributed by atoms with van der Waals surface area (Å²) in [7, 11) is 0. The minimum absolute atomic E-state index is 0.0365. The molecule has 1 N–H and O–H groups in total.